The molecule has 5 heteroatoms. The summed E-state index contributed by atoms with van der Waals surface area (Å²) in [6.07, 6.45) is 4.48. The molecule has 142 valence electrons. The number of rotatable bonds is 2. The van der Waals surface area contributed by atoms with Gasteiger partial charge in [0.15, 0.2) is 0 Å². The number of fused-ring (bicyclic) bond motifs is 2. The Hall–Kier alpha value is -2.95. The molecule has 2 heterocycles. The van der Waals surface area contributed by atoms with E-state index in [1.54, 1.807) is 12.3 Å². The molecule has 1 aromatic heterocycles. The summed E-state index contributed by atoms with van der Waals surface area (Å²) >= 11 is 0. The second-order valence-electron chi connectivity index (χ2n) is 6.02. The summed E-state index contributed by atoms with van der Waals surface area (Å²) < 4.78 is 12.8. The lowest BCUT2D eigenvalue weighted by Gasteiger charge is -2.23. The first kappa shape index (κ1) is 20.4. The van der Waals surface area contributed by atoms with Gasteiger partial charge in [-0.25, -0.2) is 4.39 Å². The van der Waals surface area contributed by atoms with Crippen molar-refractivity contribution in [2.45, 2.75) is 39.7 Å². The molecule has 3 aromatic rings. The number of benzene rings is 2. The van der Waals surface area contributed by atoms with Crippen LogP contribution in [-0.4, -0.2) is 17.4 Å². The van der Waals surface area contributed by atoms with Crippen LogP contribution in [0.4, 0.5) is 15.8 Å². The Morgan fingerprint density at radius 3 is 2.78 bits per heavy atom. The fraction of sp³-hybridized carbons (Fsp3) is 0.273. The van der Waals surface area contributed by atoms with E-state index in [1.165, 1.54) is 6.07 Å². The van der Waals surface area contributed by atoms with Gasteiger partial charge in [-0.3, -0.25) is 9.78 Å². The maximum absolute atomic E-state index is 12.8. The Balaban J connectivity index is 0.000000178. The number of amides is 1. The van der Waals surface area contributed by atoms with Crippen LogP contribution in [0.25, 0.3) is 10.9 Å². The number of hydrogen-bond acceptors (Lipinski definition) is 3. The van der Waals surface area contributed by atoms with Gasteiger partial charge in [0.1, 0.15) is 5.82 Å². The zero-order valence-corrected chi connectivity index (χ0v) is 16.0. The van der Waals surface area contributed by atoms with Crippen molar-refractivity contribution in [3.8, 4) is 0 Å². The topological polar surface area (TPSA) is 54.0 Å². The van der Waals surface area contributed by atoms with Gasteiger partial charge in [0, 0.05) is 29.0 Å². The molecule has 2 N–H and O–H groups in total. The van der Waals surface area contributed by atoms with Gasteiger partial charge in [-0.2, -0.15) is 0 Å². The first-order valence-electron chi connectivity index (χ1n) is 9.26. The number of halogens is 1. The third kappa shape index (κ3) is 5.51. The monoisotopic (exact) mass is 367 g/mol. The van der Waals surface area contributed by atoms with E-state index in [2.05, 4.69) is 22.5 Å². The maximum Gasteiger partial charge on any atom is 0.211 e. The molecule has 1 atom stereocenters. The van der Waals surface area contributed by atoms with Crippen molar-refractivity contribution in [2.75, 3.05) is 10.6 Å². The van der Waals surface area contributed by atoms with Gasteiger partial charge in [0.2, 0.25) is 6.41 Å². The Bertz CT molecular complexity index is 877. The standard InChI is InChI=1S/C10H12FN.C10H8N2O.C2H6/c1-7-2-3-8-6-9(11)4-5-10(8)12-7;13-7-12-10-5-1-4-9-8(10)3-2-6-11-9;1-2/h4-7,12H,2-3H2,1H3;1-7H,(H,12,13);1-2H3. The molecule has 1 aliphatic rings. The molecule has 4 rings (SSSR count). The van der Waals surface area contributed by atoms with Gasteiger partial charge in [-0.05, 0) is 67.8 Å². The molecular weight excluding hydrogens is 341 g/mol. The molecule has 4 nitrogen and oxygen atoms in total. The summed E-state index contributed by atoms with van der Waals surface area (Å²) in [5.74, 6) is -0.134. The summed E-state index contributed by atoms with van der Waals surface area (Å²) in [6, 6.07) is 14.8. The zero-order valence-electron chi connectivity index (χ0n) is 16.0. The first-order chi connectivity index (χ1) is 13.2. The summed E-state index contributed by atoms with van der Waals surface area (Å²) in [5.41, 5.74) is 3.87. The summed E-state index contributed by atoms with van der Waals surface area (Å²) in [5, 5.41) is 6.91. The van der Waals surface area contributed by atoms with Crippen molar-refractivity contribution >= 4 is 28.7 Å². The maximum atomic E-state index is 12.8. The number of aryl methyl sites for hydroxylation is 1. The largest absolute Gasteiger partial charge is 0.382 e. The minimum Gasteiger partial charge on any atom is -0.382 e. The number of carbonyl (C=O) groups is 1. The molecular formula is C22H26FN3O. The molecule has 0 fully saturated rings. The average molecular weight is 367 g/mol. The quantitative estimate of drug-likeness (QED) is 0.596. The zero-order chi connectivity index (χ0) is 19.6. The number of nitrogens with zero attached hydrogens (tertiary/aromatic N) is 1. The van der Waals surface area contributed by atoms with Crippen LogP contribution in [0.3, 0.4) is 0 Å². The molecule has 27 heavy (non-hydrogen) atoms. The Labute approximate surface area is 159 Å². The van der Waals surface area contributed by atoms with Crippen molar-refractivity contribution in [3.63, 3.8) is 0 Å². The highest BCUT2D eigenvalue weighted by Crippen LogP contribution is 2.25. The summed E-state index contributed by atoms with van der Waals surface area (Å²) in [6.45, 7) is 6.15. The van der Waals surface area contributed by atoms with Gasteiger partial charge in [-0.1, -0.05) is 19.9 Å². The van der Waals surface area contributed by atoms with Gasteiger partial charge in [0.25, 0.3) is 0 Å². The van der Waals surface area contributed by atoms with Crippen molar-refractivity contribution in [3.05, 3.63) is 66.1 Å². The van der Waals surface area contributed by atoms with E-state index in [0.717, 1.165) is 40.7 Å². The van der Waals surface area contributed by atoms with E-state index in [9.17, 15) is 9.18 Å². The lowest BCUT2D eigenvalue weighted by molar-refractivity contribution is -0.105. The predicted octanol–water partition coefficient (Wildman–Crippen LogP) is 5.40. The van der Waals surface area contributed by atoms with Crippen LogP contribution < -0.4 is 10.6 Å². The number of aromatic nitrogens is 1. The van der Waals surface area contributed by atoms with Gasteiger partial charge in [0.05, 0.1) is 5.52 Å². The normalized spacial score (nSPS) is 14.4. The van der Waals surface area contributed by atoms with E-state index in [4.69, 9.17) is 0 Å². The highest BCUT2D eigenvalue weighted by atomic mass is 19.1. The van der Waals surface area contributed by atoms with Gasteiger partial charge >= 0.3 is 0 Å². The van der Waals surface area contributed by atoms with Gasteiger partial charge in [-0.15, -0.1) is 0 Å². The van der Waals surface area contributed by atoms with Crippen molar-refractivity contribution in [1.82, 2.24) is 4.98 Å². The Morgan fingerprint density at radius 2 is 2.00 bits per heavy atom. The highest BCUT2D eigenvalue weighted by molar-refractivity contribution is 5.95. The average Bonchev–Trinajstić information content (AvgIpc) is 2.71. The number of hydrogen-bond donors (Lipinski definition) is 2. The molecule has 1 aliphatic heterocycles. The fourth-order valence-corrected chi connectivity index (χ4v) is 2.91. The molecule has 0 radical (unpaired) electrons. The first-order valence-corrected chi connectivity index (χ1v) is 9.26. The smallest absolute Gasteiger partial charge is 0.211 e. The van der Waals surface area contributed by atoms with Crippen LogP contribution in [0.1, 0.15) is 32.8 Å². The second-order valence-corrected chi connectivity index (χ2v) is 6.02. The number of anilines is 2. The van der Waals surface area contributed by atoms with E-state index in [0.29, 0.717) is 12.5 Å². The van der Waals surface area contributed by atoms with Crippen LogP contribution in [0.2, 0.25) is 0 Å². The highest BCUT2D eigenvalue weighted by Gasteiger charge is 2.13. The summed E-state index contributed by atoms with van der Waals surface area (Å²) in [4.78, 5) is 14.5. The minimum absolute atomic E-state index is 0.134. The van der Waals surface area contributed by atoms with Crippen LogP contribution in [0.5, 0.6) is 0 Å². The number of nitrogens with one attached hydrogen (secondary N) is 2. The van der Waals surface area contributed by atoms with Crippen LogP contribution in [-0.2, 0) is 11.2 Å². The summed E-state index contributed by atoms with van der Waals surface area (Å²) in [7, 11) is 0. The molecule has 0 spiro atoms. The van der Waals surface area contributed by atoms with Crippen LogP contribution >= 0.6 is 0 Å². The fourth-order valence-electron chi connectivity index (χ4n) is 2.91. The molecule has 1 unspecified atom stereocenters. The number of carbonyl (C=O) groups excluding carboxylic acids is 1. The van der Waals surface area contributed by atoms with E-state index in [-0.39, 0.29) is 5.82 Å². The Kier molecular flexibility index (Phi) is 7.74. The van der Waals surface area contributed by atoms with Crippen molar-refractivity contribution in [2.24, 2.45) is 0 Å². The molecule has 0 bridgehead atoms. The molecule has 2 aromatic carbocycles. The van der Waals surface area contributed by atoms with Crippen LogP contribution in [0, 0.1) is 5.82 Å². The van der Waals surface area contributed by atoms with E-state index < -0.39 is 0 Å². The number of pyridine rings is 1. The van der Waals surface area contributed by atoms with E-state index in [1.807, 2.05) is 50.2 Å². The lowest BCUT2D eigenvalue weighted by Crippen LogP contribution is -2.21. The molecule has 0 saturated carbocycles. The SMILES string of the molecule is CC.CC1CCc2cc(F)ccc2N1.O=CNc1cccc2ncccc12. The third-order valence-corrected chi connectivity index (χ3v) is 4.18. The van der Waals surface area contributed by atoms with Crippen LogP contribution in [0.15, 0.2) is 54.7 Å². The minimum atomic E-state index is -0.134. The third-order valence-electron chi connectivity index (χ3n) is 4.18. The van der Waals surface area contributed by atoms with Gasteiger partial charge < -0.3 is 10.6 Å². The lowest BCUT2D eigenvalue weighted by atomic mass is 9.99. The molecule has 0 aliphatic carbocycles. The van der Waals surface area contributed by atoms with Crippen molar-refractivity contribution < 1.29 is 9.18 Å². The molecule has 0 saturated heterocycles. The molecule has 1 amide bonds. The van der Waals surface area contributed by atoms with E-state index >= 15 is 0 Å². The predicted molar refractivity (Wildman–Crippen MR) is 111 cm³/mol. The van der Waals surface area contributed by atoms with Crippen molar-refractivity contribution in [1.29, 1.82) is 0 Å². The Morgan fingerprint density at radius 1 is 1.19 bits per heavy atom. The second kappa shape index (κ2) is 10.3.